The molecule has 0 aromatic carbocycles. The Kier molecular flexibility index (Phi) is 6.28. The molecule has 1 N–H and O–H groups in total. The molecule has 1 aromatic heterocycles. The highest BCUT2D eigenvalue weighted by Gasteiger charge is 2.16. The molecule has 0 saturated heterocycles. The van der Waals surface area contributed by atoms with Gasteiger partial charge < -0.3 is 9.72 Å². The van der Waals surface area contributed by atoms with Crippen LogP contribution in [0.3, 0.4) is 0 Å². The van der Waals surface area contributed by atoms with E-state index in [0.29, 0.717) is 15.3 Å². The van der Waals surface area contributed by atoms with E-state index in [1.165, 1.54) is 0 Å². The summed E-state index contributed by atoms with van der Waals surface area (Å²) in [5, 5.41) is 0. The SMILES string of the molecule is CCCC(OC)c1nc(CC(C)C)c(I)c(=O)[nH]1. The second-order valence-electron chi connectivity index (χ2n) is 4.82. The molecule has 1 rings (SSSR count). The van der Waals surface area contributed by atoms with Gasteiger partial charge in [0.15, 0.2) is 0 Å². The maximum atomic E-state index is 11.9. The topological polar surface area (TPSA) is 55.0 Å². The van der Waals surface area contributed by atoms with Gasteiger partial charge in [-0.05, 0) is 41.4 Å². The number of hydrogen-bond donors (Lipinski definition) is 1. The Morgan fingerprint density at radius 3 is 2.61 bits per heavy atom. The first kappa shape index (κ1) is 15.6. The van der Waals surface area contributed by atoms with E-state index < -0.39 is 0 Å². The van der Waals surface area contributed by atoms with Crippen LogP contribution in [0.25, 0.3) is 0 Å². The molecule has 0 aliphatic rings. The Bertz CT molecular complexity index is 443. The summed E-state index contributed by atoms with van der Waals surface area (Å²) >= 11 is 2.06. The molecule has 4 nitrogen and oxygen atoms in total. The average molecular weight is 364 g/mol. The van der Waals surface area contributed by atoms with Gasteiger partial charge in [-0.2, -0.15) is 0 Å². The Morgan fingerprint density at radius 2 is 2.11 bits per heavy atom. The summed E-state index contributed by atoms with van der Waals surface area (Å²) in [6.07, 6.45) is 2.55. The molecule has 0 spiro atoms. The highest BCUT2D eigenvalue weighted by Crippen LogP contribution is 2.19. The van der Waals surface area contributed by atoms with Crippen LogP contribution in [-0.4, -0.2) is 17.1 Å². The van der Waals surface area contributed by atoms with Gasteiger partial charge in [0.2, 0.25) is 0 Å². The highest BCUT2D eigenvalue weighted by atomic mass is 127. The van der Waals surface area contributed by atoms with E-state index in [1.54, 1.807) is 7.11 Å². The smallest absolute Gasteiger partial charge is 0.264 e. The first-order valence-electron chi connectivity index (χ1n) is 6.30. The van der Waals surface area contributed by atoms with Gasteiger partial charge in [0.1, 0.15) is 11.9 Å². The molecule has 1 heterocycles. The lowest BCUT2D eigenvalue weighted by molar-refractivity contribution is 0.0871. The Morgan fingerprint density at radius 1 is 1.44 bits per heavy atom. The van der Waals surface area contributed by atoms with Crippen LogP contribution in [0.1, 0.15) is 51.2 Å². The van der Waals surface area contributed by atoms with Crippen LogP contribution in [0, 0.1) is 9.49 Å². The summed E-state index contributed by atoms with van der Waals surface area (Å²) in [7, 11) is 1.65. The minimum Gasteiger partial charge on any atom is -0.374 e. The van der Waals surface area contributed by atoms with Gasteiger partial charge in [-0.15, -0.1) is 0 Å². The number of rotatable bonds is 6. The van der Waals surface area contributed by atoms with E-state index in [-0.39, 0.29) is 11.7 Å². The van der Waals surface area contributed by atoms with Gasteiger partial charge >= 0.3 is 0 Å². The fourth-order valence-electron chi connectivity index (χ4n) is 1.83. The van der Waals surface area contributed by atoms with Gasteiger partial charge in [-0.1, -0.05) is 27.2 Å². The fourth-order valence-corrected chi connectivity index (χ4v) is 2.30. The predicted octanol–water partition coefficient (Wildman–Crippen LogP) is 3.06. The molecule has 0 amide bonds. The van der Waals surface area contributed by atoms with Crippen LogP contribution in [0.4, 0.5) is 0 Å². The Hall–Kier alpha value is -0.430. The van der Waals surface area contributed by atoms with Gasteiger partial charge in [-0.3, -0.25) is 4.79 Å². The number of H-pyrrole nitrogens is 1. The molecular weight excluding hydrogens is 343 g/mol. The molecule has 0 fully saturated rings. The monoisotopic (exact) mass is 364 g/mol. The third-order valence-electron chi connectivity index (χ3n) is 2.69. The van der Waals surface area contributed by atoms with E-state index in [1.807, 2.05) is 0 Å². The van der Waals surface area contributed by atoms with Crippen LogP contribution in [0.15, 0.2) is 4.79 Å². The minimum atomic E-state index is -0.120. The first-order chi connectivity index (χ1) is 8.49. The molecule has 0 bridgehead atoms. The van der Waals surface area contributed by atoms with Crippen molar-refractivity contribution in [2.45, 2.75) is 46.1 Å². The zero-order valence-corrected chi connectivity index (χ0v) is 13.6. The standard InChI is InChI=1S/C13H21IN2O2/c1-5-6-10(18-4)12-15-9(7-8(2)3)11(14)13(17)16-12/h8,10H,5-7H2,1-4H3,(H,15,16,17). The van der Waals surface area contributed by atoms with Crippen molar-refractivity contribution in [3.8, 4) is 0 Å². The molecule has 0 aliphatic carbocycles. The summed E-state index contributed by atoms with van der Waals surface area (Å²) in [5.74, 6) is 1.13. The second kappa shape index (κ2) is 7.23. The van der Waals surface area contributed by atoms with Crippen LogP contribution in [0.2, 0.25) is 0 Å². The second-order valence-corrected chi connectivity index (χ2v) is 5.90. The third kappa shape index (κ3) is 4.05. The van der Waals surface area contributed by atoms with Gasteiger partial charge in [0.25, 0.3) is 5.56 Å². The summed E-state index contributed by atoms with van der Waals surface area (Å²) in [6.45, 7) is 6.34. The molecule has 0 aliphatic heterocycles. The average Bonchev–Trinajstić information content (AvgIpc) is 2.31. The van der Waals surface area contributed by atoms with Crippen molar-refractivity contribution < 1.29 is 4.74 Å². The number of hydrogen-bond acceptors (Lipinski definition) is 3. The number of halogens is 1. The molecule has 18 heavy (non-hydrogen) atoms. The van der Waals surface area contributed by atoms with Crippen molar-refractivity contribution >= 4 is 22.6 Å². The number of methoxy groups -OCH3 is 1. The predicted molar refractivity (Wildman–Crippen MR) is 80.8 cm³/mol. The van der Waals surface area contributed by atoms with E-state index >= 15 is 0 Å². The third-order valence-corrected chi connectivity index (χ3v) is 3.80. The van der Waals surface area contributed by atoms with Gasteiger partial charge in [-0.25, -0.2) is 4.98 Å². The fraction of sp³-hybridized carbons (Fsp3) is 0.692. The lowest BCUT2D eigenvalue weighted by Gasteiger charge is -2.15. The van der Waals surface area contributed by atoms with E-state index in [2.05, 4.69) is 53.3 Å². The van der Waals surface area contributed by atoms with Crippen molar-refractivity contribution in [1.82, 2.24) is 9.97 Å². The van der Waals surface area contributed by atoms with Crippen molar-refractivity contribution in [3.63, 3.8) is 0 Å². The zero-order chi connectivity index (χ0) is 13.7. The van der Waals surface area contributed by atoms with Gasteiger partial charge in [0, 0.05) is 7.11 Å². The summed E-state index contributed by atoms with van der Waals surface area (Å²) in [6, 6.07) is 0. The number of ether oxygens (including phenoxy) is 1. The van der Waals surface area contributed by atoms with Crippen molar-refractivity contribution in [2.24, 2.45) is 5.92 Å². The maximum absolute atomic E-state index is 11.9. The summed E-state index contributed by atoms with van der Waals surface area (Å²) in [5.41, 5.74) is 0.817. The molecule has 5 heteroatoms. The zero-order valence-electron chi connectivity index (χ0n) is 11.4. The molecule has 0 saturated carbocycles. The van der Waals surface area contributed by atoms with Crippen molar-refractivity contribution in [1.29, 1.82) is 0 Å². The Balaban J connectivity index is 3.14. The largest absolute Gasteiger partial charge is 0.374 e. The molecular formula is C13H21IN2O2. The van der Waals surface area contributed by atoms with E-state index in [9.17, 15) is 4.79 Å². The number of aromatic amines is 1. The first-order valence-corrected chi connectivity index (χ1v) is 7.38. The number of nitrogens with one attached hydrogen (secondary N) is 1. The molecule has 1 atom stereocenters. The lowest BCUT2D eigenvalue weighted by atomic mass is 10.1. The normalized spacial score (nSPS) is 13.0. The molecule has 0 radical (unpaired) electrons. The Labute approximate surface area is 122 Å². The number of nitrogens with zero attached hydrogens (tertiary/aromatic N) is 1. The summed E-state index contributed by atoms with van der Waals surface area (Å²) < 4.78 is 6.09. The molecule has 1 aromatic rings. The van der Waals surface area contributed by atoms with Gasteiger partial charge in [0.05, 0.1) is 9.26 Å². The number of aromatic nitrogens is 2. The van der Waals surface area contributed by atoms with Crippen LogP contribution >= 0.6 is 22.6 Å². The van der Waals surface area contributed by atoms with Crippen LogP contribution < -0.4 is 5.56 Å². The van der Waals surface area contributed by atoms with Crippen LogP contribution in [0.5, 0.6) is 0 Å². The highest BCUT2D eigenvalue weighted by molar-refractivity contribution is 14.1. The molecule has 102 valence electrons. The van der Waals surface area contributed by atoms with Crippen LogP contribution in [-0.2, 0) is 11.2 Å². The quantitative estimate of drug-likeness (QED) is 0.790. The summed E-state index contributed by atoms with van der Waals surface area (Å²) in [4.78, 5) is 19.3. The minimum absolute atomic E-state index is 0.0607. The molecule has 1 unspecified atom stereocenters. The van der Waals surface area contributed by atoms with E-state index in [0.717, 1.165) is 25.0 Å². The lowest BCUT2D eigenvalue weighted by Crippen LogP contribution is -2.21. The maximum Gasteiger partial charge on any atom is 0.264 e. The van der Waals surface area contributed by atoms with Crippen molar-refractivity contribution in [2.75, 3.05) is 7.11 Å². The van der Waals surface area contributed by atoms with E-state index in [4.69, 9.17) is 4.74 Å². The van der Waals surface area contributed by atoms with Crippen molar-refractivity contribution in [3.05, 3.63) is 25.4 Å².